The Morgan fingerprint density at radius 3 is 2.64 bits per heavy atom. The molecule has 0 unspecified atom stereocenters. The molecule has 0 saturated carbocycles. The molecule has 0 heterocycles. The first-order valence-corrected chi connectivity index (χ1v) is 3.93. The van der Waals surface area contributed by atoms with Gasteiger partial charge in [-0.1, -0.05) is 0 Å². The van der Waals surface area contributed by atoms with Crippen LogP contribution in [0.2, 0.25) is 0 Å². The average Bonchev–Trinajstić information content (AvgIpc) is 2.09. The summed E-state index contributed by atoms with van der Waals surface area (Å²) in [5, 5.41) is 9.94. The molecule has 0 spiro atoms. The second kappa shape index (κ2) is 3.87. The Labute approximate surface area is 80.9 Å². The van der Waals surface area contributed by atoms with Gasteiger partial charge >= 0.3 is 0 Å². The van der Waals surface area contributed by atoms with Crippen LogP contribution in [-0.4, -0.2) is 24.5 Å². The Balaban J connectivity index is 2.93. The molecule has 14 heavy (non-hydrogen) atoms. The van der Waals surface area contributed by atoms with E-state index in [-0.39, 0.29) is 28.9 Å². The lowest BCUT2D eigenvalue weighted by molar-refractivity contribution is -0.118. The lowest BCUT2D eigenvalue weighted by atomic mass is 10.1. The molecular formula is C9H10N2O3. The lowest BCUT2D eigenvalue weighted by Crippen LogP contribution is -2.29. The molecule has 1 rings (SSSR count). The van der Waals surface area contributed by atoms with E-state index >= 15 is 0 Å². The minimum atomic E-state index is -0.328. The summed E-state index contributed by atoms with van der Waals surface area (Å²) in [6.07, 6.45) is 2.39. The number of ketones is 1. The summed E-state index contributed by atoms with van der Waals surface area (Å²) in [6.45, 7) is 1.31. The van der Waals surface area contributed by atoms with E-state index in [2.05, 4.69) is 5.32 Å². The van der Waals surface area contributed by atoms with Gasteiger partial charge in [0.2, 0.25) is 5.91 Å². The van der Waals surface area contributed by atoms with Crippen molar-refractivity contribution < 1.29 is 14.3 Å². The molecular weight excluding hydrogens is 184 g/mol. The van der Waals surface area contributed by atoms with Gasteiger partial charge in [-0.15, -0.1) is 0 Å². The van der Waals surface area contributed by atoms with Gasteiger partial charge in [-0.25, -0.2) is 0 Å². The molecule has 0 atom stereocenters. The first-order chi connectivity index (χ1) is 6.54. The summed E-state index contributed by atoms with van der Waals surface area (Å²) < 4.78 is 4.81. The highest BCUT2D eigenvalue weighted by atomic mass is 16.5. The Kier molecular flexibility index (Phi) is 2.81. The molecule has 0 aromatic rings. The maximum absolute atomic E-state index is 11.1. The van der Waals surface area contributed by atoms with E-state index in [1.54, 1.807) is 0 Å². The summed E-state index contributed by atoms with van der Waals surface area (Å²) >= 11 is 0. The molecule has 0 bridgehead atoms. The summed E-state index contributed by atoms with van der Waals surface area (Å²) in [5.41, 5.74) is 0.171. The van der Waals surface area contributed by atoms with Crippen molar-refractivity contribution in [3.05, 3.63) is 23.6 Å². The topological polar surface area (TPSA) is 79.2 Å². The highest BCUT2D eigenvalue weighted by Gasteiger charge is 2.19. The Morgan fingerprint density at radius 1 is 1.50 bits per heavy atom. The summed E-state index contributed by atoms with van der Waals surface area (Å²) in [5.74, 6) is -0.478. The van der Waals surface area contributed by atoms with Crippen LogP contribution in [0.1, 0.15) is 6.92 Å². The first kappa shape index (κ1) is 10.2. The molecule has 1 amide bonds. The number of carbonyl (C=O) groups is 2. The fourth-order valence-electron chi connectivity index (χ4n) is 1.04. The van der Waals surface area contributed by atoms with E-state index in [0.717, 1.165) is 0 Å². The molecule has 0 radical (unpaired) electrons. The molecule has 0 aromatic carbocycles. The van der Waals surface area contributed by atoms with Crippen LogP contribution < -0.4 is 5.32 Å². The van der Waals surface area contributed by atoms with Crippen molar-refractivity contribution in [3.63, 3.8) is 0 Å². The number of allylic oxidation sites excluding steroid dienone is 2. The van der Waals surface area contributed by atoms with Crippen LogP contribution in [0.15, 0.2) is 23.6 Å². The number of amides is 1. The largest absolute Gasteiger partial charge is 0.494 e. The number of rotatable bonds is 2. The maximum Gasteiger partial charge on any atom is 0.221 e. The molecule has 0 aliphatic heterocycles. The van der Waals surface area contributed by atoms with Crippen molar-refractivity contribution in [1.82, 2.24) is 5.32 Å². The van der Waals surface area contributed by atoms with E-state index in [1.165, 1.54) is 26.2 Å². The Bertz CT molecular complexity index is 366. The Hall–Kier alpha value is -1.91. The van der Waals surface area contributed by atoms with Gasteiger partial charge in [-0.3, -0.25) is 15.0 Å². The van der Waals surface area contributed by atoms with Crippen LogP contribution in [0.3, 0.4) is 0 Å². The van der Waals surface area contributed by atoms with Crippen molar-refractivity contribution in [3.8, 4) is 0 Å². The van der Waals surface area contributed by atoms with Crippen molar-refractivity contribution in [2.24, 2.45) is 0 Å². The second-order valence-corrected chi connectivity index (χ2v) is 2.73. The van der Waals surface area contributed by atoms with Crippen molar-refractivity contribution in [2.45, 2.75) is 6.92 Å². The van der Waals surface area contributed by atoms with Crippen LogP contribution in [-0.2, 0) is 14.3 Å². The zero-order valence-corrected chi connectivity index (χ0v) is 7.88. The highest BCUT2D eigenvalue weighted by molar-refractivity contribution is 6.21. The smallest absolute Gasteiger partial charge is 0.221 e. The number of hydrogen-bond acceptors (Lipinski definition) is 4. The van der Waals surface area contributed by atoms with Crippen LogP contribution >= 0.6 is 0 Å². The van der Waals surface area contributed by atoms with Gasteiger partial charge in [0.15, 0.2) is 5.78 Å². The van der Waals surface area contributed by atoms with Gasteiger partial charge in [-0.05, 0) is 0 Å². The van der Waals surface area contributed by atoms with Crippen LogP contribution in [0.25, 0.3) is 0 Å². The molecule has 0 fully saturated rings. The number of carbonyl (C=O) groups excluding carboxylic acids is 2. The minimum Gasteiger partial charge on any atom is -0.494 e. The monoisotopic (exact) mass is 194 g/mol. The van der Waals surface area contributed by atoms with E-state index in [0.29, 0.717) is 0 Å². The number of hydrogen-bond donors (Lipinski definition) is 2. The number of methoxy groups -OCH3 is 1. The van der Waals surface area contributed by atoms with Gasteiger partial charge < -0.3 is 10.1 Å². The molecule has 0 saturated heterocycles. The second-order valence-electron chi connectivity index (χ2n) is 2.73. The van der Waals surface area contributed by atoms with Gasteiger partial charge in [0.25, 0.3) is 0 Å². The standard InChI is InChI=1S/C9H10N2O3/c1-5(12)11-7-3-6(13)4-8(14-2)9(7)10/h3-4,10H,1-2H3,(H,11,12). The third kappa shape index (κ3) is 2.07. The van der Waals surface area contributed by atoms with Gasteiger partial charge in [-0.2, -0.15) is 0 Å². The van der Waals surface area contributed by atoms with E-state index in [1.807, 2.05) is 0 Å². The molecule has 2 N–H and O–H groups in total. The molecule has 1 aliphatic rings. The van der Waals surface area contributed by atoms with Crippen LogP contribution in [0.4, 0.5) is 0 Å². The van der Waals surface area contributed by atoms with E-state index in [9.17, 15) is 9.59 Å². The van der Waals surface area contributed by atoms with Gasteiger partial charge in [0, 0.05) is 19.1 Å². The SMILES string of the molecule is COC1=CC(=O)C=C(NC(C)=O)C1=N. The minimum absolute atomic E-state index is 0.00213. The first-order valence-electron chi connectivity index (χ1n) is 3.93. The zero-order chi connectivity index (χ0) is 10.7. The summed E-state index contributed by atoms with van der Waals surface area (Å²) in [7, 11) is 1.37. The van der Waals surface area contributed by atoms with Gasteiger partial charge in [0.1, 0.15) is 11.5 Å². The zero-order valence-electron chi connectivity index (χ0n) is 7.88. The maximum atomic E-state index is 11.1. The summed E-state index contributed by atoms with van der Waals surface area (Å²) in [6, 6.07) is 0. The number of nitrogens with one attached hydrogen (secondary N) is 2. The van der Waals surface area contributed by atoms with E-state index < -0.39 is 0 Å². The quantitative estimate of drug-likeness (QED) is 0.613. The lowest BCUT2D eigenvalue weighted by Gasteiger charge is -2.14. The predicted molar refractivity (Wildman–Crippen MR) is 49.7 cm³/mol. The van der Waals surface area contributed by atoms with Crippen molar-refractivity contribution in [2.75, 3.05) is 7.11 Å². The highest BCUT2D eigenvalue weighted by Crippen LogP contribution is 2.11. The average molecular weight is 194 g/mol. The molecule has 1 aliphatic carbocycles. The molecule has 5 heteroatoms. The van der Waals surface area contributed by atoms with E-state index in [4.69, 9.17) is 10.1 Å². The predicted octanol–water partition coefficient (Wildman–Crippen LogP) is 0.139. The number of ether oxygens (including phenoxy) is 1. The third-order valence-corrected chi connectivity index (χ3v) is 1.61. The van der Waals surface area contributed by atoms with Crippen molar-refractivity contribution in [1.29, 1.82) is 5.41 Å². The molecule has 5 nitrogen and oxygen atoms in total. The fourth-order valence-corrected chi connectivity index (χ4v) is 1.04. The van der Waals surface area contributed by atoms with Gasteiger partial charge in [0.05, 0.1) is 12.8 Å². The molecule has 74 valence electrons. The normalized spacial score (nSPS) is 15.9. The van der Waals surface area contributed by atoms with Crippen molar-refractivity contribution >= 4 is 17.4 Å². The third-order valence-electron chi connectivity index (χ3n) is 1.61. The van der Waals surface area contributed by atoms with Crippen LogP contribution in [0.5, 0.6) is 0 Å². The molecule has 0 aromatic heterocycles. The Morgan fingerprint density at radius 2 is 2.14 bits per heavy atom. The fraction of sp³-hybridized carbons (Fsp3) is 0.222. The summed E-state index contributed by atoms with van der Waals surface area (Å²) in [4.78, 5) is 21.8. The van der Waals surface area contributed by atoms with Crippen LogP contribution in [0, 0.1) is 5.41 Å².